The Kier molecular flexibility index (Phi) is 30.5. The Morgan fingerprint density at radius 2 is 1.02 bits per heavy atom. The number of carbonyl (C=O) groups is 3. The maximum atomic E-state index is 13.8. The Bertz CT molecular complexity index is 914. The molecule has 0 saturated carbocycles. The molecule has 304 valence electrons. The van der Waals surface area contributed by atoms with Crippen LogP contribution in [0.4, 0.5) is 17.6 Å². The highest BCUT2D eigenvalue weighted by Crippen LogP contribution is 2.24. The SMILES string of the molecule is CCCCCC(F)(F)/C=C\CNC(=O)CCCCCCCC(CCCCCCCC(=O)NC/C=C\C(F)(F)CCCCC)OC(=O)CCCN(C)C. The number of nitrogens with one attached hydrogen (secondary N) is 2. The Morgan fingerprint density at radius 1 is 0.596 bits per heavy atom. The van der Waals surface area contributed by atoms with Crippen molar-refractivity contribution in [3.8, 4) is 0 Å². The van der Waals surface area contributed by atoms with Gasteiger partial charge in [0.05, 0.1) is 0 Å². The first kappa shape index (κ1) is 49.6. The van der Waals surface area contributed by atoms with E-state index in [0.29, 0.717) is 32.1 Å². The van der Waals surface area contributed by atoms with Crippen LogP contribution in [-0.2, 0) is 19.1 Å². The Labute approximate surface area is 313 Å². The lowest BCUT2D eigenvalue weighted by Crippen LogP contribution is -2.23. The van der Waals surface area contributed by atoms with Crippen LogP contribution < -0.4 is 10.6 Å². The molecule has 0 spiro atoms. The molecule has 2 N–H and O–H groups in total. The molecule has 0 aliphatic carbocycles. The van der Waals surface area contributed by atoms with E-state index in [1.54, 1.807) is 0 Å². The van der Waals surface area contributed by atoms with Crippen LogP contribution in [0.5, 0.6) is 0 Å². The minimum atomic E-state index is -2.83. The summed E-state index contributed by atoms with van der Waals surface area (Å²) in [5, 5.41) is 5.37. The minimum absolute atomic E-state index is 0.111. The van der Waals surface area contributed by atoms with Crippen molar-refractivity contribution in [2.24, 2.45) is 0 Å². The van der Waals surface area contributed by atoms with E-state index in [1.165, 1.54) is 12.2 Å². The van der Waals surface area contributed by atoms with Gasteiger partial charge < -0.3 is 20.3 Å². The fourth-order valence-corrected chi connectivity index (χ4v) is 5.80. The number of allylic oxidation sites excluding steroid dienone is 2. The Balaban J connectivity index is 4.29. The fraction of sp³-hybridized carbons (Fsp3) is 0.829. The summed E-state index contributed by atoms with van der Waals surface area (Å²) < 4.78 is 61.0. The van der Waals surface area contributed by atoms with Crippen molar-refractivity contribution < 1.29 is 36.7 Å². The summed E-state index contributed by atoms with van der Waals surface area (Å²) in [4.78, 5) is 38.7. The summed E-state index contributed by atoms with van der Waals surface area (Å²) in [6.07, 6.45) is 20.9. The van der Waals surface area contributed by atoms with Crippen LogP contribution in [0.25, 0.3) is 0 Å². The molecule has 11 heteroatoms. The van der Waals surface area contributed by atoms with Crippen molar-refractivity contribution in [3.63, 3.8) is 0 Å². The summed E-state index contributed by atoms with van der Waals surface area (Å²) in [6.45, 7) is 5.00. The van der Waals surface area contributed by atoms with Gasteiger partial charge in [-0.05, 0) is 90.6 Å². The van der Waals surface area contributed by atoms with E-state index in [-0.39, 0.29) is 49.8 Å². The van der Waals surface area contributed by atoms with E-state index in [0.717, 1.165) is 128 Å². The van der Waals surface area contributed by atoms with E-state index in [9.17, 15) is 31.9 Å². The standard InChI is InChI=1S/C41H73F4N3O4/c1-5-7-19-29-40(42,43)31-22-33-46-37(49)26-17-13-9-11-15-24-36(52-39(51)28-21-35-48(3)4)25-16-12-10-14-18-27-38(50)47-34-23-32-41(44,45)30-20-8-6-2/h22-23,31-32,36H,5-21,24-30,33-35H2,1-4H3,(H,46,49)(H,47,50)/b31-22-,32-23-. The Hall–Kier alpha value is -2.43. The van der Waals surface area contributed by atoms with Crippen molar-refractivity contribution >= 4 is 17.8 Å². The fourth-order valence-electron chi connectivity index (χ4n) is 5.80. The molecule has 0 aliphatic rings. The highest BCUT2D eigenvalue weighted by Gasteiger charge is 2.24. The summed E-state index contributed by atoms with van der Waals surface area (Å²) >= 11 is 0. The zero-order valence-corrected chi connectivity index (χ0v) is 33.1. The second-order valence-electron chi connectivity index (χ2n) is 14.5. The van der Waals surface area contributed by atoms with Crippen LogP contribution in [0, 0.1) is 0 Å². The molecule has 0 bridgehead atoms. The van der Waals surface area contributed by atoms with Crippen LogP contribution in [0.1, 0.15) is 168 Å². The zero-order chi connectivity index (χ0) is 38.9. The largest absolute Gasteiger partial charge is 0.462 e. The third kappa shape index (κ3) is 33.4. The first-order valence-electron chi connectivity index (χ1n) is 20.3. The lowest BCUT2D eigenvalue weighted by Gasteiger charge is -2.18. The van der Waals surface area contributed by atoms with Crippen molar-refractivity contribution in [3.05, 3.63) is 24.3 Å². The molecule has 0 aromatic rings. The number of hydrogen-bond acceptors (Lipinski definition) is 5. The number of hydrogen-bond donors (Lipinski definition) is 2. The van der Waals surface area contributed by atoms with Gasteiger partial charge in [0, 0.05) is 45.2 Å². The highest BCUT2D eigenvalue weighted by atomic mass is 19.3. The van der Waals surface area contributed by atoms with Crippen LogP contribution in [0.3, 0.4) is 0 Å². The van der Waals surface area contributed by atoms with Gasteiger partial charge in [-0.1, -0.05) is 90.2 Å². The molecule has 52 heavy (non-hydrogen) atoms. The van der Waals surface area contributed by atoms with E-state index in [1.807, 2.05) is 32.8 Å². The second-order valence-corrected chi connectivity index (χ2v) is 14.5. The first-order chi connectivity index (χ1) is 24.8. The molecule has 0 radical (unpaired) electrons. The molecular formula is C41H73F4N3O4. The van der Waals surface area contributed by atoms with Crippen molar-refractivity contribution in [1.82, 2.24) is 15.5 Å². The molecule has 0 heterocycles. The lowest BCUT2D eigenvalue weighted by atomic mass is 10.0. The quantitative estimate of drug-likeness (QED) is 0.0292. The van der Waals surface area contributed by atoms with Gasteiger partial charge in [-0.15, -0.1) is 0 Å². The molecule has 0 fully saturated rings. The van der Waals surface area contributed by atoms with Crippen molar-refractivity contribution in [1.29, 1.82) is 0 Å². The van der Waals surface area contributed by atoms with Gasteiger partial charge in [0.15, 0.2) is 0 Å². The number of nitrogens with zero attached hydrogens (tertiary/aromatic N) is 1. The van der Waals surface area contributed by atoms with Crippen LogP contribution in [0.2, 0.25) is 0 Å². The zero-order valence-electron chi connectivity index (χ0n) is 33.1. The monoisotopic (exact) mass is 748 g/mol. The highest BCUT2D eigenvalue weighted by molar-refractivity contribution is 5.76. The van der Waals surface area contributed by atoms with E-state index in [2.05, 4.69) is 10.6 Å². The van der Waals surface area contributed by atoms with Gasteiger partial charge in [0.1, 0.15) is 6.10 Å². The lowest BCUT2D eigenvalue weighted by molar-refractivity contribution is -0.150. The number of rotatable bonds is 35. The number of esters is 1. The molecule has 0 rings (SSSR count). The van der Waals surface area contributed by atoms with Crippen molar-refractivity contribution in [2.75, 3.05) is 33.7 Å². The van der Waals surface area contributed by atoms with Gasteiger partial charge in [-0.2, -0.15) is 0 Å². The number of halogens is 4. The molecule has 7 nitrogen and oxygen atoms in total. The number of ether oxygens (including phenoxy) is 1. The Morgan fingerprint density at radius 3 is 1.44 bits per heavy atom. The summed E-state index contributed by atoms with van der Waals surface area (Å²) in [7, 11) is 3.95. The van der Waals surface area contributed by atoms with E-state index in [4.69, 9.17) is 4.74 Å². The van der Waals surface area contributed by atoms with Crippen LogP contribution in [0.15, 0.2) is 24.3 Å². The summed E-state index contributed by atoms with van der Waals surface area (Å²) in [5.41, 5.74) is 0. The number of unbranched alkanes of at least 4 members (excludes halogenated alkanes) is 12. The maximum Gasteiger partial charge on any atom is 0.306 e. The van der Waals surface area contributed by atoms with Crippen LogP contribution in [-0.4, -0.2) is 74.4 Å². The molecule has 0 saturated heterocycles. The molecule has 0 aliphatic heterocycles. The smallest absolute Gasteiger partial charge is 0.306 e. The molecule has 0 atom stereocenters. The van der Waals surface area contributed by atoms with Gasteiger partial charge in [-0.3, -0.25) is 14.4 Å². The molecular weight excluding hydrogens is 674 g/mol. The van der Waals surface area contributed by atoms with Gasteiger partial charge >= 0.3 is 5.97 Å². The molecule has 0 aromatic carbocycles. The normalized spacial score (nSPS) is 12.4. The predicted octanol–water partition coefficient (Wildman–Crippen LogP) is 10.5. The third-order valence-corrected chi connectivity index (χ3v) is 8.93. The maximum absolute atomic E-state index is 13.8. The van der Waals surface area contributed by atoms with Gasteiger partial charge in [0.25, 0.3) is 11.8 Å². The molecule has 2 amide bonds. The topological polar surface area (TPSA) is 87.7 Å². The first-order valence-corrected chi connectivity index (χ1v) is 20.3. The summed E-state index contributed by atoms with van der Waals surface area (Å²) in [5.74, 6) is -6.07. The van der Waals surface area contributed by atoms with Crippen LogP contribution >= 0.6 is 0 Å². The number of carbonyl (C=O) groups excluding carboxylic acids is 3. The third-order valence-electron chi connectivity index (χ3n) is 8.93. The summed E-state index contributed by atoms with van der Waals surface area (Å²) in [6, 6.07) is 0. The van der Waals surface area contributed by atoms with E-state index >= 15 is 0 Å². The number of amides is 2. The van der Waals surface area contributed by atoms with Crippen molar-refractivity contribution in [2.45, 2.75) is 186 Å². The van der Waals surface area contributed by atoms with E-state index < -0.39 is 11.8 Å². The number of alkyl halides is 4. The minimum Gasteiger partial charge on any atom is -0.462 e. The van der Waals surface area contributed by atoms with Gasteiger partial charge in [0.2, 0.25) is 11.8 Å². The molecule has 0 unspecified atom stereocenters. The predicted molar refractivity (Wildman–Crippen MR) is 205 cm³/mol. The van der Waals surface area contributed by atoms with Gasteiger partial charge in [-0.25, -0.2) is 17.6 Å². The second kappa shape index (κ2) is 32.0. The average Bonchev–Trinajstić information content (AvgIpc) is 3.07. The molecule has 0 aromatic heterocycles. The average molecular weight is 748 g/mol.